The van der Waals surface area contributed by atoms with Gasteiger partial charge in [0, 0.05) is 10.9 Å². The second-order valence-corrected chi connectivity index (χ2v) is 7.88. The standard InChI is InChI=1S/C24H24N2O5/c1-5-16(23(28)31-13(2)3)17-11-19-21-15(10-14-8-6-7-9-18(14)25-21)12-26(19)22(27)20(17)24(29)30-4/h6-11,13,16H,5,12H2,1-4H3. The molecule has 1 unspecified atom stereocenters. The van der Waals surface area contributed by atoms with Crippen LogP contribution in [0.3, 0.4) is 0 Å². The van der Waals surface area contributed by atoms with Gasteiger partial charge in [-0.3, -0.25) is 9.59 Å². The molecule has 0 N–H and O–H groups in total. The summed E-state index contributed by atoms with van der Waals surface area (Å²) >= 11 is 0. The summed E-state index contributed by atoms with van der Waals surface area (Å²) in [5.74, 6) is -2.00. The molecular weight excluding hydrogens is 396 g/mol. The Hall–Kier alpha value is -3.48. The Labute approximate surface area is 179 Å². The third kappa shape index (κ3) is 3.50. The highest BCUT2D eigenvalue weighted by Crippen LogP contribution is 2.35. The second-order valence-electron chi connectivity index (χ2n) is 7.88. The van der Waals surface area contributed by atoms with Crippen LogP contribution in [0.15, 0.2) is 41.2 Å². The third-order valence-corrected chi connectivity index (χ3v) is 5.51. The summed E-state index contributed by atoms with van der Waals surface area (Å²) in [6.45, 7) is 5.64. The SMILES string of the molecule is CCC(C(=O)OC(C)C)c1cc2n(c(=O)c1C(=O)OC)Cc1cc3ccccc3nc1-2. The van der Waals surface area contributed by atoms with Gasteiger partial charge in [-0.25, -0.2) is 9.78 Å². The van der Waals surface area contributed by atoms with Crippen molar-refractivity contribution in [3.63, 3.8) is 0 Å². The van der Waals surface area contributed by atoms with Crippen molar-refractivity contribution in [2.45, 2.75) is 45.8 Å². The highest BCUT2D eigenvalue weighted by atomic mass is 16.5. The summed E-state index contributed by atoms with van der Waals surface area (Å²) in [4.78, 5) is 43.5. The minimum atomic E-state index is -0.764. The van der Waals surface area contributed by atoms with Crippen LogP contribution in [0.1, 0.15) is 54.6 Å². The molecule has 0 radical (unpaired) electrons. The average Bonchev–Trinajstić information content (AvgIpc) is 3.09. The van der Waals surface area contributed by atoms with E-state index in [0.717, 1.165) is 16.5 Å². The van der Waals surface area contributed by atoms with Gasteiger partial charge in [0.2, 0.25) is 0 Å². The summed E-state index contributed by atoms with van der Waals surface area (Å²) in [5, 5.41) is 0.975. The van der Waals surface area contributed by atoms with Crippen molar-refractivity contribution in [2.75, 3.05) is 7.11 Å². The molecule has 31 heavy (non-hydrogen) atoms. The Kier molecular flexibility index (Phi) is 5.35. The number of nitrogens with zero attached hydrogens (tertiary/aromatic N) is 2. The number of fused-ring (bicyclic) bond motifs is 4. The van der Waals surface area contributed by atoms with Gasteiger partial charge >= 0.3 is 11.9 Å². The first kappa shape index (κ1) is 20.8. The minimum Gasteiger partial charge on any atom is -0.465 e. The van der Waals surface area contributed by atoms with Gasteiger partial charge in [0.1, 0.15) is 5.56 Å². The van der Waals surface area contributed by atoms with E-state index in [9.17, 15) is 14.4 Å². The maximum atomic E-state index is 13.4. The zero-order valence-corrected chi connectivity index (χ0v) is 18.0. The fraction of sp³-hybridized carbons (Fsp3) is 0.333. The van der Waals surface area contributed by atoms with E-state index in [2.05, 4.69) is 0 Å². The Morgan fingerprint density at radius 3 is 2.61 bits per heavy atom. The van der Waals surface area contributed by atoms with E-state index in [1.165, 1.54) is 11.7 Å². The summed E-state index contributed by atoms with van der Waals surface area (Å²) in [5.41, 5.74) is 2.67. The molecule has 0 saturated carbocycles. The molecule has 7 nitrogen and oxygen atoms in total. The smallest absolute Gasteiger partial charge is 0.343 e. The van der Waals surface area contributed by atoms with Crippen LogP contribution in [0.4, 0.5) is 0 Å². The number of esters is 2. The zero-order valence-electron chi connectivity index (χ0n) is 18.0. The van der Waals surface area contributed by atoms with E-state index >= 15 is 0 Å². The molecule has 0 spiro atoms. The number of rotatable bonds is 5. The molecular formula is C24H24N2O5. The van der Waals surface area contributed by atoms with Gasteiger partial charge in [-0.2, -0.15) is 0 Å². The molecule has 3 heterocycles. The van der Waals surface area contributed by atoms with E-state index in [-0.39, 0.29) is 11.7 Å². The van der Waals surface area contributed by atoms with Crippen molar-refractivity contribution in [2.24, 2.45) is 0 Å². The first-order valence-corrected chi connectivity index (χ1v) is 10.3. The Morgan fingerprint density at radius 1 is 1.19 bits per heavy atom. The van der Waals surface area contributed by atoms with Gasteiger partial charge in [-0.1, -0.05) is 25.1 Å². The molecule has 0 amide bonds. The first-order chi connectivity index (χ1) is 14.8. The summed E-state index contributed by atoms with van der Waals surface area (Å²) in [6.07, 6.45) is 0.0589. The fourth-order valence-electron chi connectivity index (χ4n) is 4.10. The lowest BCUT2D eigenvalue weighted by Crippen LogP contribution is -2.31. The lowest BCUT2D eigenvalue weighted by atomic mass is 9.92. The van der Waals surface area contributed by atoms with Crippen LogP contribution in [0, 0.1) is 0 Å². The highest BCUT2D eigenvalue weighted by molar-refractivity contribution is 5.94. The number of carbonyl (C=O) groups excluding carboxylic acids is 2. The van der Waals surface area contributed by atoms with Gasteiger partial charge in [0.25, 0.3) is 5.56 Å². The Balaban J connectivity index is 1.96. The van der Waals surface area contributed by atoms with E-state index in [0.29, 0.717) is 29.9 Å². The van der Waals surface area contributed by atoms with Crippen LogP contribution in [0.5, 0.6) is 0 Å². The minimum absolute atomic E-state index is 0.129. The molecule has 1 aromatic carbocycles. The number of pyridine rings is 2. The van der Waals surface area contributed by atoms with Crippen LogP contribution < -0.4 is 5.56 Å². The van der Waals surface area contributed by atoms with Crippen molar-refractivity contribution < 1.29 is 19.1 Å². The van der Waals surface area contributed by atoms with Gasteiger partial charge in [-0.05, 0) is 44.0 Å². The summed E-state index contributed by atoms with van der Waals surface area (Å²) in [6, 6.07) is 11.4. The molecule has 3 aromatic rings. The molecule has 1 aliphatic rings. The molecule has 2 aromatic heterocycles. The van der Waals surface area contributed by atoms with Gasteiger partial charge in [0.15, 0.2) is 0 Å². The highest BCUT2D eigenvalue weighted by Gasteiger charge is 2.33. The number of para-hydroxylation sites is 1. The zero-order chi connectivity index (χ0) is 22.3. The topological polar surface area (TPSA) is 87.5 Å². The molecule has 4 rings (SSSR count). The van der Waals surface area contributed by atoms with Crippen molar-refractivity contribution in [1.29, 1.82) is 0 Å². The van der Waals surface area contributed by atoms with Crippen LogP contribution in [0.25, 0.3) is 22.3 Å². The van der Waals surface area contributed by atoms with E-state index < -0.39 is 23.4 Å². The number of carbonyl (C=O) groups is 2. The maximum absolute atomic E-state index is 13.4. The van der Waals surface area contributed by atoms with E-state index in [1.54, 1.807) is 19.9 Å². The molecule has 1 aliphatic heterocycles. The first-order valence-electron chi connectivity index (χ1n) is 10.3. The average molecular weight is 420 g/mol. The van der Waals surface area contributed by atoms with Crippen molar-refractivity contribution in [3.8, 4) is 11.4 Å². The molecule has 0 bridgehead atoms. The number of hydrogen-bond donors (Lipinski definition) is 0. The monoisotopic (exact) mass is 420 g/mol. The molecule has 0 fully saturated rings. The Morgan fingerprint density at radius 2 is 1.94 bits per heavy atom. The number of aromatic nitrogens is 2. The molecule has 0 saturated heterocycles. The van der Waals surface area contributed by atoms with Crippen LogP contribution >= 0.6 is 0 Å². The summed E-state index contributed by atoms with van der Waals surface area (Å²) < 4.78 is 11.8. The number of ether oxygens (including phenoxy) is 2. The van der Waals surface area contributed by atoms with Crippen molar-refractivity contribution >= 4 is 22.8 Å². The molecule has 7 heteroatoms. The molecule has 1 atom stereocenters. The van der Waals surface area contributed by atoms with E-state index in [1.807, 2.05) is 37.3 Å². The second kappa shape index (κ2) is 7.98. The van der Waals surface area contributed by atoms with Crippen LogP contribution in [0.2, 0.25) is 0 Å². The number of methoxy groups -OCH3 is 1. The maximum Gasteiger partial charge on any atom is 0.343 e. The van der Waals surface area contributed by atoms with Crippen LogP contribution in [-0.2, 0) is 20.8 Å². The number of hydrogen-bond acceptors (Lipinski definition) is 6. The predicted molar refractivity (Wildman–Crippen MR) is 116 cm³/mol. The van der Waals surface area contributed by atoms with E-state index in [4.69, 9.17) is 14.5 Å². The predicted octanol–water partition coefficient (Wildman–Crippen LogP) is 3.66. The van der Waals surface area contributed by atoms with Crippen molar-refractivity contribution in [1.82, 2.24) is 9.55 Å². The largest absolute Gasteiger partial charge is 0.465 e. The van der Waals surface area contributed by atoms with Crippen LogP contribution in [-0.4, -0.2) is 34.7 Å². The van der Waals surface area contributed by atoms with Gasteiger partial charge < -0.3 is 14.0 Å². The fourth-order valence-corrected chi connectivity index (χ4v) is 4.10. The van der Waals surface area contributed by atoms with Gasteiger partial charge in [0.05, 0.1) is 42.6 Å². The Bertz CT molecular complexity index is 1260. The summed E-state index contributed by atoms with van der Waals surface area (Å²) in [7, 11) is 1.22. The lowest BCUT2D eigenvalue weighted by Gasteiger charge is -2.20. The molecule has 160 valence electrons. The number of benzene rings is 1. The lowest BCUT2D eigenvalue weighted by molar-refractivity contribution is -0.149. The van der Waals surface area contributed by atoms with Gasteiger partial charge in [-0.15, -0.1) is 0 Å². The quantitative estimate of drug-likeness (QED) is 0.458. The van der Waals surface area contributed by atoms with Crippen molar-refractivity contribution in [3.05, 3.63) is 63.4 Å². The third-order valence-electron chi connectivity index (χ3n) is 5.51. The molecule has 0 aliphatic carbocycles. The normalized spacial score (nSPS) is 13.1.